The molecule has 0 radical (unpaired) electrons. The van der Waals surface area contributed by atoms with Crippen molar-refractivity contribution in [3.63, 3.8) is 0 Å². The van der Waals surface area contributed by atoms with Gasteiger partial charge >= 0.3 is 0 Å². The van der Waals surface area contributed by atoms with Crippen LogP contribution in [0.1, 0.15) is 44.1 Å². The van der Waals surface area contributed by atoms with E-state index in [-0.39, 0.29) is 11.8 Å². The summed E-state index contributed by atoms with van der Waals surface area (Å²) in [5, 5.41) is 2.74. The van der Waals surface area contributed by atoms with Crippen LogP contribution in [0.2, 0.25) is 0 Å². The molecule has 0 saturated heterocycles. The first kappa shape index (κ1) is 17.4. The number of nitrogens with two attached hydrogens (primary N) is 1. The molecule has 1 aliphatic rings. The normalized spacial score (nSPS) is 16.6. The summed E-state index contributed by atoms with van der Waals surface area (Å²) in [7, 11) is 3.32. The molecule has 1 aromatic rings. The van der Waals surface area contributed by atoms with Crippen LogP contribution in [0.3, 0.4) is 0 Å². The van der Waals surface area contributed by atoms with E-state index in [0.717, 1.165) is 29.7 Å². The van der Waals surface area contributed by atoms with E-state index in [2.05, 4.69) is 11.9 Å². The van der Waals surface area contributed by atoms with Gasteiger partial charge in [0.15, 0.2) is 0 Å². The lowest BCUT2D eigenvalue weighted by Crippen LogP contribution is -2.27. The summed E-state index contributed by atoms with van der Waals surface area (Å²) in [4.78, 5) is 12.0. The minimum atomic E-state index is 0.0511. The largest absolute Gasteiger partial charge is 0.496 e. The van der Waals surface area contributed by atoms with Gasteiger partial charge in [0.2, 0.25) is 5.91 Å². The molecule has 4 nitrogen and oxygen atoms in total. The molecule has 1 fully saturated rings. The van der Waals surface area contributed by atoms with Gasteiger partial charge in [-0.25, -0.2) is 0 Å². The summed E-state index contributed by atoms with van der Waals surface area (Å²) in [6, 6.07) is 5.63. The van der Waals surface area contributed by atoms with Crippen LogP contribution in [0, 0.1) is 11.8 Å². The van der Waals surface area contributed by atoms with E-state index in [1.807, 2.05) is 18.2 Å². The van der Waals surface area contributed by atoms with E-state index in [4.69, 9.17) is 10.5 Å². The highest BCUT2D eigenvalue weighted by Crippen LogP contribution is 2.43. The molecule has 1 aromatic carbocycles. The zero-order chi connectivity index (χ0) is 16.8. The Kier molecular flexibility index (Phi) is 6.08. The molecule has 23 heavy (non-hydrogen) atoms. The quantitative estimate of drug-likeness (QED) is 0.788. The third-order valence-corrected chi connectivity index (χ3v) is 4.95. The molecule has 126 valence electrons. The number of methoxy groups -OCH3 is 1. The number of hydrogen-bond acceptors (Lipinski definition) is 3. The maximum absolute atomic E-state index is 12.0. The van der Waals surface area contributed by atoms with E-state index in [1.165, 1.54) is 19.3 Å². The number of carbonyl (C=O) groups is 1. The molecule has 3 N–H and O–H groups in total. The van der Waals surface area contributed by atoms with Gasteiger partial charge < -0.3 is 15.8 Å². The van der Waals surface area contributed by atoms with Gasteiger partial charge in [0.05, 0.1) is 7.11 Å². The van der Waals surface area contributed by atoms with Gasteiger partial charge in [0.1, 0.15) is 5.75 Å². The van der Waals surface area contributed by atoms with Crippen LogP contribution in [0.15, 0.2) is 24.8 Å². The number of benzene rings is 1. The van der Waals surface area contributed by atoms with Crippen LogP contribution in [0.4, 0.5) is 5.69 Å². The third-order valence-electron chi connectivity index (χ3n) is 4.95. The molecule has 0 spiro atoms. The zero-order valence-corrected chi connectivity index (χ0v) is 14.2. The van der Waals surface area contributed by atoms with Gasteiger partial charge in [-0.2, -0.15) is 0 Å². The average Bonchev–Trinajstić information content (AvgIpc) is 2.59. The Morgan fingerprint density at radius 1 is 1.39 bits per heavy atom. The van der Waals surface area contributed by atoms with Crippen molar-refractivity contribution in [2.24, 2.45) is 11.8 Å². The van der Waals surface area contributed by atoms with E-state index < -0.39 is 0 Å². The molecule has 0 aromatic heterocycles. The predicted molar refractivity (Wildman–Crippen MR) is 95.2 cm³/mol. The van der Waals surface area contributed by atoms with Crippen LogP contribution < -0.4 is 15.8 Å². The highest BCUT2D eigenvalue weighted by atomic mass is 16.5. The average molecular weight is 316 g/mol. The fourth-order valence-electron chi connectivity index (χ4n) is 3.66. The Hall–Kier alpha value is -1.97. The number of amides is 1. The van der Waals surface area contributed by atoms with Gasteiger partial charge in [-0.1, -0.05) is 31.9 Å². The SMILES string of the molecule is C=C(c1c(N)cccc1OC)C(CC(=O)NC)C1CCCCC1. The minimum Gasteiger partial charge on any atom is -0.496 e. The molecule has 4 heteroatoms. The van der Waals surface area contributed by atoms with E-state index >= 15 is 0 Å². The van der Waals surface area contributed by atoms with E-state index in [9.17, 15) is 4.79 Å². The Balaban J connectivity index is 2.34. The summed E-state index contributed by atoms with van der Waals surface area (Å²) in [5.41, 5.74) is 8.63. The number of hydrogen-bond donors (Lipinski definition) is 2. The van der Waals surface area contributed by atoms with Crippen molar-refractivity contribution < 1.29 is 9.53 Å². The zero-order valence-electron chi connectivity index (χ0n) is 14.2. The van der Waals surface area contributed by atoms with Crippen molar-refractivity contribution in [2.45, 2.75) is 38.5 Å². The summed E-state index contributed by atoms with van der Waals surface area (Å²) < 4.78 is 5.47. The first-order valence-corrected chi connectivity index (χ1v) is 8.40. The Morgan fingerprint density at radius 2 is 2.09 bits per heavy atom. The molecular formula is C19H28N2O2. The van der Waals surface area contributed by atoms with Gasteiger partial charge in [-0.15, -0.1) is 0 Å². The molecule has 0 bridgehead atoms. The maximum Gasteiger partial charge on any atom is 0.220 e. The summed E-state index contributed by atoms with van der Waals surface area (Å²) in [6.07, 6.45) is 6.49. The number of ether oxygens (including phenoxy) is 1. The Morgan fingerprint density at radius 3 is 2.70 bits per heavy atom. The summed E-state index contributed by atoms with van der Waals surface area (Å²) >= 11 is 0. The molecular weight excluding hydrogens is 288 g/mol. The van der Waals surface area contributed by atoms with Crippen molar-refractivity contribution in [2.75, 3.05) is 19.9 Å². The van der Waals surface area contributed by atoms with Gasteiger partial charge in [-0.05, 0) is 42.4 Å². The highest BCUT2D eigenvalue weighted by Gasteiger charge is 2.30. The second-order valence-electron chi connectivity index (χ2n) is 6.33. The summed E-state index contributed by atoms with van der Waals surface area (Å²) in [6.45, 7) is 4.32. The molecule has 0 heterocycles. The second kappa shape index (κ2) is 8.04. The van der Waals surface area contributed by atoms with Crippen molar-refractivity contribution in [1.29, 1.82) is 0 Å². The van der Waals surface area contributed by atoms with Gasteiger partial charge in [-0.3, -0.25) is 4.79 Å². The van der Waals surface area contributed by atoms with Gasteiger partial charge in [0, 0.05) is 24.7 Å². The number of nitrogens with one attached hydrogen (secondary N) is 1. The smallest absolute Gasteiger partial charge is 0.220 e. The van der Waals surface area contributed by atoms with Crippen molar-refractivity contribution in [1.82, 2.24) is 5.32 Å². The first-order chi connectivity index (χ1) is 11.1. The number of nitrogen functional groups attached to an aromatic ring is 1. The molecule has 1 atom stereocenters. The molecule has 1 amide bonds. The van der Waals surface area contributed by atoms with Crippen LogP contribution in [0.25, 0.3) is 5.57 Å². The van der Waals surface area contributed by atoms with E-state index in [1.54, 1.807) is 14.2 Å². The van der Waals surface area contributed by atoms with Crippen molar-refractivity contribution >= 4 is 17.2 Å². The standard InChI is InChI=1S/C19H28N2O2/c1-13(19-16(20)10-7-11-17(19)23-3)15(12-18(22)21-2)14-8-5-4-6-9-14/h7,10-11,14-15H,1,4-6,8-9,12,20H2,2-3H3,(H,21,22). The number of carbonyl (C=O) groups excluding carboxylic acids is 1. The maximum atomic E-state index is 12.0. The van der Waals surface area contributed by atoms with Crippen molar-refractivity contribution in [3.8, 4) is 5.75 Å². The highest BCUT2D eigenvalue weighted by molar-refractivity contribution is 5.84. The van der Waals surface area contributed by atoms with Crippen LogP contribution in [-0.4, -0.2) is 20.1 Å². The topological polar surface area (TPSA) is 64.3 Å². The summed E-state index contributed by atoms with van der Waals surface area (Å²) in [5.74, 6) is 1.37. The number of allylic oxidation sites excluding steroid dienone is 1. The second-order valence-corrected chi connectivity index (χ2v) is 6.33. The monoisotopic (exact) mass is 316 g/mol. The van der Waals surface area contributed by atoms with Crippen LogP contribution >= 0.6 is 0 Å². The lowest BCUT2D eigenvalue weighted by Gasteiger charge is -2.32. The first-order valence-electron chi connectivity index (χ1n) is 8.40. The fraction of sp³-hybridized carbons (Fsp3) is 0.526. The fourth-order valence-corrected chi connectivity index (χ4v) is 3.66. The predicted octanol–water partition coefficient (Wildman–Crippen LogP) is 3.62. The molecule has 1 unspecified atom stereocenters. The minimum absolute atomic E-state index is 0.0511. The van der Waals surface area contributed by atoms with Crippen molar-refractivity contribution in [3.05, 3.63) is 30.3 Å². The molecule has 2 rings (SSSR count). The van der Waals surface area contributed by atoms with E-state index in [0.29, 0.717) is 18.0 Å². The molecule has 1 aliphatic carbocycles. The molecule has 1 saturated carbocycles. The molecule has 0 aliphatic heterocycles. The van der Waals surface area contributed by atoms with Crippen LogP contribution in [-0.2, 0) is 4.79 Å². The number of anilines is 1. The van der Waals surface area contributed by atoms with Gasteiger partial charge in [0.25, 0.3) is 0 Å². The third kappa shape index (κ3) is 4.06. The lowest BCUT2D eigenvalue weighted by atomic mass is 9.73. The Labute approximate surface area is 139 Å². The van der Waals surface area contributed by atoms with Crippen LogP contribution in [0.5, 0.6) is 5.75 Å². The Bertz CT molecular complexity index is 562. The lowest BCUT2D eigenvalue weighted by molar-refractivity contribution is -0.121. The number of rotatable bonds is 6.